The summed E-state index contributed by atoms with van der Waals surface area (Å²) in [6, 6.07) is 8.15. The average Bonchev–Trinajstić information content (AvgIpc) is 3.03. The van der Waals surface area contributed by atoms with Gasteiger partial charge in [0.15, 0.2) is 0 Å². The van der Waals surface area contributed by atoms with Crippen LogP contribution in [0.1, 0.15) is 26.3 Å². The quantitative estimate of drug-likeness (QED) is 0.810. The van der Waals surface area contributed by atoms with Gasteiger partial charge in [-0.25, -0.2) is 4.79 Å². The Kier molecular flexibility index (Phi) is 3.08. The van der Waals surface area contributed by atoms with Gasteiger partial charge < -0.3 is 4.84 Å². The van der Waals surface area contributed by atoms with Crippen LogP contribution in [0.3, 0.4) is 0 Å². The van der Waals surface area contributed by atoms with Crippen LogP contribution in [-0.4, -0.2) is 22.8 Å². The van der Waals surface area contributed by atoms with Gasteiger partial charge in [-0.05, 0) is 34.5 Å². The predicted octanol–water partition coefficient (Wildman–Crippen LogP) is 2.04. The molecular weight excluding hydrogens is 278 g/mol. The van der Waals surface area contributed by atoms with E-state index in [9.17, 15) is 14.4 Å². The zero-order valence-electron chi connectivity index (χ0n) is 10.2. The third-order valence-electron chi connectivity index (χ3n) is 2.88. The molecule has 0 spiro atoms. The van der Waals surface area contributed by atoms with Crippen molar-refractivity contribution in [2.24, 2.45) is 0 Å². The number of amides is 2. The van der Waals surface area contributed by atoms with E-state index < -0.39 is 17.8 Å². The molecule has 3 rings (SSSR count). The summed E-state index contributed by atoms with van der Waals surface area (Å²) >= 11 is 1.46. The fraction of sp³-hybridized carbons (Fsp3) is 0.0714. The van der Waals surface area contributed by atoms with Crippen LogP contribution >= 0.6 is 11.3 Å². The van der Waals surface area contributed by atoms with E-state index in [0.29, 0.717) is 5.06 Å². The Morgan fingerprint density at radius 3 is 2.30 bits per heavy atom. The Morgan fingerprint density at radius 1 is 1.10 bits per heavy atom. The minimum atomic E-state index is -0.641. The van der Waals surface area contributed by atoms with E-state index in [2.05, 4.69) is 0 Å². The van der Waals surface area contributed by atoms with Crippen molar-refractivity contribution in [3.8, 4) is 0 Å². The molecule has 0 N–H and O–H groups in total. The summed E-state index contributed by atoms with van der Waals surface area (Å²) in [6.45, 7) is 0. The maximum Gasteiger partial charge on any atom is 0.337 e. The molecule has 1 aromatic carbocycles. The Morgan fingerprint density at radius 2 is 1.75 bits per heavy atom. The molecule has 100 valence electrons. The standard InChI is InChI=1S/C14H9NO4S/c16-12(7-9-5-6-20-8-9)19-15-13(17)10-3-1-2-4-11(10)14(15)18/h1-6,8H,7H2. The third kappa shape index (κ3) is 2.10. The number of hydrogen-bond acceptors (Lipinski definition) is 5. The van der Waals surface area contributed by atoms with Crippen LogP contribution in [0.5, 0.6) is 0 Å². The van der Waals surface area contributed by atoms with E-state index in [1.54, 1.807) is 18.2 Å². The molecule has 2 heterocycles. The molecule has 1 aliphatic heterocycles. The van der Waals surface area contributed by atoms with E-state index >= 15 is 0 Å². The molecule has 1 aromatic heterocycles. The van der Waals surface area contributed by atoms with Gasteiger partial charge in [0.25, 0.3) is 11.8 Å². The summed E-state index contributed by atoms with van der Waals surface area (Å²) < 4.78 is 0. The Labute approximate surface area is 118 Å². The number of carbonyl (C=O) groups excluding carboxylic acids is 3. The number of fused-ring (bicyclic) bond motifs is 1. The fourth-order valence-corrected chi connectivity index (χ4v) is 2.61. The number of benzene rings is 1. The lowest BCUT2D eigenvalue weighted by Crippen LogP contribution is -2.33. The van der Waals surface area contributed by atoms with Gasteiger partial charge in [0.05, 0.1) is 17.5 Å². The Bertz CT molecular complexity index is 658. The predicted molar refractivity (Wildman–Crippen MR) is 71.1 cm³/mol. The topological polar surface area (TPSA) is 63.7 Å². The van der Waals surface area contributed by atoms with Gasteiger partial charge in [0.2, 0.25) is 0 Å². The van der Waals surface area contributed by atoms with Crippen LogP contribution in [0.25, 0.3) is 0 Å². The number of nitrogens with zero attached hydrogens (tertiary/aromatic N) is 1. The largest absolute Gasteiger partial charge is 0.337 e. The van der Waals surface area contributed by atoms with Gasteiger partial charge in [-0.15, -0.1) is 0 Å². The zero-order valence-corrected chi connectivity index (χ0v) is 11.1. The van der Waals surface area contributed by atoms with E-state index in [-0.39, 0.29) is 17.5 Å². The normalized spacial score (nSPS) is 13.5. The van der Waals surface area contributed by atoms with Crippen molar-refractivity contribution in [2.45, 2.75) is 6.42 Å². The van der Waals surface area contributed by atoms with Gasteiger partial charge in [-0.1, -0.05) is 17.2 Å². The maximum atomic E-state index is 12.0. The number of hydrogen-bond donors (Lipinski definition) is 0. The summed E-state index contributed by atoms with van der Waals surface area (Å²) in [6.07, 6.45) is 0.0247. The van der Waals surface area contributed by atoms with Crippen LogP contribution in [0.4, 0.5) is 0 Å². The van der Waals surface area contributed by atoms with Crippen LogP contribution in [0.2, 0.25) is 0 Å². The van der Waals surface area contributed by atoms with Crippen LogP contribution in [0, 0.1) is 0 Å². The first kappa shape index (κ1) is 12.6. The molecule has 6 heteroatoms. The molecule has 1 aliphatic rings. The van der Waals surface area contributed by atoms with Crippen LogP contribution in [0.15, 0.2) is 41.1 Å². The van der Waals surface area contributed by atoms with Crippen molar-refractivity contribution in [3.05, 3.63) is 57.8 Å². The molecule has 2 aromatic rings. The van der Waals surface area contributed by atoms with E-state index in [1.165, 1.54) is 23.5 Å². The number of hydroxylamine groups is 2. The van der Waals surface area contributed by atoms with Crippen molar-refractivity contribution in [1.82, 2.24) is 5.06 Å². The highest BCUT2D eigenvalue weighted by Gasteiger charge is 2.38. The number of thiophene rings is 1. The molecule has 0 saturated carbocycles. The molecule has 0 fully saturated rings. The van der Waals surface area contributed by atoms with Crippen molar-refractivity contribution in [1.29, 1.82) is 0 Å². The average molecular weight is 287 g/mol. The molecule has 5 nitrogen and oxygen atoms in total. The van der Waals surface area contributed by atoms with Crippen LogP contribution in [-0.2, 0) is 16.1 Å². The van der Waals surface area contributed by atoms with Gasteiger partial charge in [0.1, 0.15) is 0 Å². The molecule has 0 saturated heterocycles. The zero-order chi connectivity index (χ0) is 14.1. The second-order valence-electron chi connectivity index (χ2n) is 4.22. The minimum Gasteiger partial charge on any atom is -0.329 e. The molecule has 0 bridgehead atoms. The van der Waals surface area contributed by atoms with Gasteiger partial charge in [-0.3, -0.25) is 9.59 Å². The molecule has 0 aliphatic carbocycles. The summed E-state index contributed by atoms with van der Waals surface area (Å²) in [5.41, 5.74) is 1.29. The first-order chi connectivity index (χ1) is 9.66. The molecule has 0 atom stereocenters. The first-order valence-corrected chi connectivity index (χ1v) is 6.81. The summed E-state index contributed by atoms with van der Waals surface area (Å²) in [5, 5.41) is 4.17. The van der Waals surface area contributed by atoms with Crippen molar-refractivity contribution < 1.29 is 19.2 Å². The Hall–Kier alpha value is -2.47. The highest BCUT2D eigenvalue weighted by molar-refractivity contribution is 7.07. The SMILES string of the molecule is O=C(Cc1ccsc1)ON1C(=O)c2ccccc2C1=O. The second kappa shape index (κ2) is 4.90. The fourth-order valence-electron chi connectivity index (χ4n) is 1.94. The highest BCUT2D eigenvalue weighted by Crippen LogP contribution is 2.23. The third-order valence-corrected chi connectivity index (χ3v) is 3.61. The van der Waals surface area contributed by atoms with Crippen molar-refractivity contribution >= 4 is 29.1 Å². The summed E-state index contributed by atoms with van der Waals surface area (Å²) in [5.74, 6) is -1.86. The lowest BCUT2D eigenvalue weighted by molar-refractivity contribution is -0.167. The van der Waals surface area contributed by atoms with Gasteiger partial charge in [-0.2, -0.15) is 11.3 Å². The molecule has 20 heavy (non-hydrogen) atoms. The molecule has 2 amide bonds. The molecule has 0 radical (unpaired) electrons. The number of imide groups is 1. The molecular formula is C14H9NO4S. The Balaban J connectivity index is 1.75. The number of rotatable bonds is 3. The lowest BCUT2D eigenvalue weighted by Gasteiger charge is -2.12. The van der Waals surface area contributed by atoms with E-state index in [1.807, 2.05) is 10.8 Å². The smallest absolute Gasteiger partial charge is 0.329 e. The summed E-state index contributed by atoms with van der Waals surface area (Å²) in [4.78, 5) is 40.6. The second-order valence-corrected chi connectivity index (χ2v) is 5.00. The highest BCUT2D eigenvalue weighted by atomic mass is 32.1. The van der Waals surface area contributed by atoms with Gasteiger partial charge >= 0.3 is 5.97 Å². The van der Waals surface area contributed by atoms with E-state index in [0.717, 1.165) is 5.56 Å². The summed E-state index contributed by atoms with van der Waals surface area (Å²) in [7, 11) is 0. The maximum absolute atomic E-state index is 12.0. The van der Waals surface area contributed by atoms with E-state index in [4.69, 9.17) is 4.84 Å². The van der Waals surface area contributed by atoms with Crippen molar-refractivity contribution in [2.75, 3.05) is 0 Å². The molecule has 0 unspecified atom stereocenters. The van der Waals surface area contributed by atoms with Crippen molar-refractivity contribution in [3.63, 3.8) is 0 Å². The first-order valence-electron chi connectivity index (χ1n) is 5.86. The monoisotopic (exact) mass is 287 g/mol. The lowest BCUT2D eigenvalue weighted by atomic mass is 10.1. The van der Waals surface area contributed by atoms with Crippen LogP contribution < -0.4 is 0 Å². The van der Waals surface area contributed by atoms with Gasteiger partial charge in [0, 0.05) is 0 Å². The minimum absolute atomic E-state index is 0.0247. The number of carbonyl (C=O) groups is 3.